The van der Waals surface area contributed by atoms with Crippen molar-refractivity contribution >= 4 is 34.3 Å². The molecule has 0 spiro atoms. The molecule has 1 aromatic heterocycles. The van der Waals surface area contributed by atoms with E-state index in [-0.39, 0.29) is 23.8 Å². The smallest absolute Gasteiger partial charge is 0.273 e. The Morgan fingerprint density at radius 3 is 2.51 bits per heavy atom. The van der Waals surface area contributed by atoms with E-state index in [2.05, 4.69) is 17.6 Å². The number of unbranched alkanes of at least 4 members (excludes halogenated alkanes) is 1. The van der Waals surface area contributed by atoms with Crippen LogP contribution in [-0.2, 0) is 16.1 Å². The van der Waals surface area contributed by atoms with Crippen molar-refractivity contribution in [3.05, 3.63) is 23.9 Å². The Morgan fingerprint density at radius 2 is 1.89 bits per heavy atom. The molecular weight excluding hydrogens is 444 g/mol. The molecule has 0 bridgehead atoms. The highest BCUT2D eigenvalue weighted by Gasteiger charge is 2.49. The molecule has 2 N–H and O–H groups in total. The van der Waals surface area contributed by atoms with Crippen LogP contribution in [0.25, 0.3) is 10.9 Å². The van der Waals surface area contributed by atoms with Crippen molar-refractivity contribution in [2.24, 2.45) is 0 Å². The first-order valence-electron chi connectivity index (χ1n) is 12.9. The SMILES string of the molecule is CCCCN1C(=O)c2c(NC(C)=O)c3cc(OC)ccc3n2CC1(C)C(=O)NC1CCCCCC1. The van der Waals surface area contributed by atoms with Crippen LogP contribution in [0.4, 0.5) is 5.69 Å². The number of anilines is 1. The maximum atomic E-state index is 14.1. The third-order valence-electron chi connectivity index (χ3n) is 7.50. The first-order chi connectivity index (χ1) is 16.8. The van der Waals surface area contributed by atoms with E-state index in [1.165, 1.54) is 19.8 Å². The predicted molar refractivity (Wildman–Crippen MR) is 137 cm³/mol. The fraction of sp³-hybridized carbons (Fsp3) is 0.593. The number of hydrogen-bond acceptors (Lipinski definition) is 4. The van der Waals surface area contributed by atoms with Gasteiger partial charge >= 0.3 is 0 Å². The van der Waals surface area contributed by atoms with Crippen molar-refractivity contribution in [1.29, 1.82) is 0 Å². The molecule has 190 valence electrons. The number of carbonyl (C=O) groups excluding carboxylic acids is 3. The van der Waals surface area contributed by atoms with Crippen molar-refractivity contribution in [3.63, 3.8) is 0 Å². The Balaban J connectivity index is 1.80. The lowest BCUT2D eigenvalue weighted by Crippen LogP contribution is -2.65. The number of benzene rings is 1. The summed E-state index contributed by atoms with van der Waals surface area (Å²) in [5, 5.41) is 6.90. The molecule has 0 radical (unpaired) electrons. The molecule has 8 nitrogen and oxygen atoms in total. The zero-order valence-corrected chi connectivity index (χ0v) is 21.4. The predicted octanol–water partition coefficient (Wildman–Crippen LogP) is 4.46. The zero-order valence-electron chi connectivity index (χ0n) is 21.4. The van der Waals surface area contributed by atoms with Gasteiger partial charge in [-0.15, -0.1) is 0 Å². The Kier molecular flexibility index (Phi) is 7.38. The number of rotatable bonds is 7. The largest absolute Gasteiger partial charge is 0.497 e. The summed E-state index contributed by atoms with van der Waals surface area (Å²) in [6.07, 6.45) is 8.31. The second kappa shape index (κ2) is 10.3. The topological polar surface area (TPSA) is 92.7 Å². The highest BCUT2D eigenvalue weighted by Crippen LogP contribution is 2.40. The Bertz CT molecular complexity index is 1120. The Morgan fingerprint density at radius 1 is 1.17 bits per heavy atom. The molecule has 2 aliphatic rings. The van der Waals surface area contributed by atoms with Gasteiger partial charge in [0.05, 0.1) is 24.9 Å². The number of nitrogens with zero attached hydrogens (tertiary/aromatic N) is 2. The third-order valence-corrected chi connectivity index (χ3v) is 7.50. The summed E-state index contributed by atoms with van der Waals surface area (Å²) in [4.78, 5) is 41.7. The van der Waals surface area contributed by atoms with Crippen LogP contribution in [0, 0.1) is 0 Å². The average molecular weight is 483 g/mol. The molecule has 1 unspecified atom stereocenters. The Labute approximate surface area is 207 Å². The summed E-state index contributed by atoms with van der Waals surface area (Å²) in [5.41, 5.74) is 0.648. The molecule has 1 aliphatic heterocycles. The van der Waals surface area contributed by atoms with E-state index < -0.39 is 5.54 Å². The first-order valence-corrected chi connectivity index (χ1v) is 12.9. The van der Waals surface area contributed by atoms with E-state index >= 15 is 0 Å². The second-order valence-electron chi connectivity index (χ2n) is 10.1. The molecule has 1 aromatic carbocycles. The van der Waals surface area contributed by atoms with E-state index in [9.17, 15) is 14.4 Å². The number of hydrogen-bond donors (Lipinski definition) is 2. The summed E-state index contributed by atoms with van der Waals surface area (Å²) in [7, 11) is 1.59. The molecule has 35 heavy (non-hydrogen) atoms. The van der Waals surface area contributed by atoms with Gasteiger partial charge in [-0.05, 0) is 44.4 Å². The molecule has 1 aliphatic carbocycles. The molecule has 8 heteroatoms. The number of amides is 3. The number of ether oxygens (including phenoxy) is 1. The summed E-state index contributed by atoms with van der Waals surface area (Å²) >= 11 is 0. The normalized spacial score (nSPS) is 20.9. The van der Waals surface area contributed by atoms with E-state index in [1.54, 1.807) is 12.0 Å². The zero-order chi connectivity index (χ0) is 25.2. The van der Waals surface area contributed by atoms with Gasteiger partial charge in [0.1, 0.15) is 17.0 Å². The number of fused-ring (bicyclic) bond motifs is 3. The lowest BCUT2D eigenvalue weighted by Gasteiger charge is -2.45. The third kappa shape index (κ3) is 4.75. The van der Waals surface area contributed by atoms with Gasteiger partial charge in [-0.1, -0.05) is 39.0 Å². The van der Waals surface area contributed by atoms with Crippen LogP contribution in [0.3, 0.4) is 0 Å². The van der Waals surface area contributed by atoms with Crippen molar-refractivity contribution in [3.8, 4) is 5.75 Å². The van der Waals surface area contributed by atoms with Crippen LogP contribution in [0.1, 0.15) is 82.6 Å². The van der Waals surface area contributed by atoms with Crippen LogP contribution in [0.15, 0.2) is 18.2 Å². The maximum absolute atomic E-state index is 14.1. The number of carbonyl (C=O) groups is 3. The molecule has 2 heterocycles. The molecule has 2 aromatic rings. The van der Waals surface area contributed by atoms with Crippen molar-refractivity contribution in [1.82, 2.24) is 14.8 Å². The fourth-order valence-corrected chi connectivity index (χ4v) is 5.52. The highest BCUT2D eigenvalue weighted by atomic mass is 16.5. The van der Waals surface area contributed by atoms with Gasteiger partial charge in [0.15, 0.2) is 0 Å². The van der Waals surface area contributed by atoms with Gasteiger partial charge in [-0.2, -0.15) is 0 Å². The van der Waals surface area contributed by atoms with Crippen molar-refractivity contribution in [2.75, 3.05) is 19.0 Å². The van der Waals surface area contributed by atoms with Gasteiger partial charge in [0.2, 0.25) is 11.8 Å². The lowest BCUT2D eigenvalue weighted by molar-refractivity contribution is -0.133. The van der Waals surface area contributed by atoms with Gasteiger partial charge in [0.25, 0.3) is 5.91 Å². The van der Waals surface area contributed by atoms with E-state index in [4.69, 9.17) is 4.74 Å². The van der Waals surface area contributed by atoms with Crippen molar-refractivity contribution < 1.29 is 19.1 Å². The quantitative estimate of drug-likeness (QED) is 0.570. The Hall–Kier alpha value is -3.03. The van der Waals surface area contributed by atoms with Gasteiger partial charge < -0.3 is 24.8 Å². The van der Waals surface area contributed by atoms with Gasteiger partial charge in [-0.3, -0.25) is 14.4 Å². The van der Waals surface area contributed by atoms with E-state index in [1.807, 2.05) is 29.7 Å². The molecule has 1 atom stereocenters. The first kappa shape index (κ1) is 25.1. The summed E-state index contributed by atoms with van der Waals surface area (Å²) < 4.78 is 7.31. The summed E-state index contributed by atoms with van der Waals surface area (Å²) in [6, 6.07) is 5.71. The number of methoxy groups -OCH3 is 1. The average Bonchev–Trinajstić information content (AvgIpc) is 2.96. The minimum Gasteiger partial charge on any atom is -0.497 e. The monoisotopic (exact) mass is 482 g/mol. The molecule has 1 saturated carbocycles. The van der Waals surface area contributed by atoms with Crippen LogP contribution < -0.4 is 15.4 Å². The molecule has 4 rings (SSSR count). The minimum absolute atomic E-state index is 0.101. The maximum Gasteiger partial charge on any atom is 0.273 e. The summed E-state index contributed by atoms with van der Waals surface area (Å²) in [6.45, 7) is 6.18. The van der Waals surface area contributed by atoms with Crippen LogP contribution in [-0.4, -0.2) is 52.4 Å². The molecule has 1 fully saturated rings. The van der Waals surface area contributed by atoms with E-state index in [0.717, 1.165) is 49.4 Å². The van der Waals surface area contributed by atoms with E-state index in [0.29, 0.717) is 30.2 Å². The highest BCUT2D eigenvalue weighted by molar-refractivity contribution is 6.14. The fourth-order valence-electron chi connectivity index (χ4n) is 5.52. The summed E-state index contributed by atoms with van der Waals surface area (Å²) in [5.74, 6) is 0.0461. The molecule has 3 amide bonds. The minimum atomic E-state index is -1.04. The standard InChI is InChI=1S/C27H38N4O4/c1-5-6-15-31-25(33)24-23(28-18(2)32)21-16-20(35-4)13-14-22(21)30(24)17-27(31,3)26(34)29-19-11-9-7-8-10-12-19/h13-14,16,19H,5-12,15,17H2,1-4H3,(H,28,32)(H,29,34). The molecular formula is C27H38N4O4. The lowest BCUT2D eigenvalue weighted by atomic mass is 9.93. The van der Waals surface area contributed by atoms with Gasteiger partial charge in [-0.25, -0.2) is 0 Å². The molecule has 0 saturated heterocycles. The van der Waals surface area contributed by atoms with Crippen LogP contribution >= 0.6 is 0 Å². The number of nitrogens with one attached hydrogen (secondary N) is 2. The number of aromatic nitrogens is 1. The second-order valence-corrected chi connectivity index (χ2v) is 10.1. The van der Waals surface area contributed by atoms with Crippen LogP contribution in [0.5, 0.6) is 5.75 Å². The van der Waals surface area contributed by atoms with Gasteiger partial charge in [0, 0.05) is 24.9 Å². The van der Waals surface area contributed by atoms with Crippen molar-refractivity contribution in [2.45, 2.75) is 90.3 Å². The van der Waals surface area contributed by atoms with Crippen LogP contribution in [0.2, 0.25) is 0 Å².